The van der Waals surface area contributed by atoms with Crippen LogP contribution in [0.4, 0.5) is 14.5 Å². The Morgan fingerprint density at radius 3 is 2.79 bits per heavy atom. The second-order valence-electron chi connectivity index (χ2n) is 9.57. The van der Waals surface area contributed by atoms with Crippen LogP contribution in [0.3, 0.4) is 0 Å². The number of piperidine rings is 1. The van der Waals surface area contributed by atoms with Crippen molar-refractivity contribution in [3.63, 3.8) is 0 Å². The van der Waals surface area contributed by atoms with Crippen LogP contribution in [0.1, 0.15) is 40.6 Å². The molecule has 3 heterocycles. The van der Waals surface area contributed by atoms with Crippen LogP contribution in [0.15, 0.2) is 67.0 Å². The SMILES string of the molecule is Cc1ccc(F)c(NC(=O)c2ccc(F)c(Oc3ccnc(-c4cc(C(O)N5CCCC(O)C5)c[nH]4)c3)c2)c1. The topological polar surface area (TPSA) is 111 Å². The molecule has 1 aliphatic heterocycles. The average Bonchev–Trinajstić information content (AvgIpc) is 3.42. The third kappa shape index (κ3) is 6.14. The van der Waals surface area contributed by atoms with E-state index in [1.165, 1.54) is 30.5 Å². The first kappa shape index (κ1) is 26.5. The van der Waals surface area contributed by atoms with Gasteiger partial charge in [-0.3, -0.25) is 14.7 Å². The number of aryl methyl sites for hydroxylation is 1. The number of benzene rings is 2. The molecule has 1 aliphatic rings. The molecule has 0 aliphatic carbocycles. The fraction of sp³-hybridized carbons (Fsp3) is 0.241. The van der Waals surface area contributed by atoms with E-state index in [4.69, 9.17) is 4.74 Å². The number of nitrogens with one attached hydrogen (secondary N) is 2. The Kier molecular flexibility index (Phi) is 7.69. The summed E-state index contributed by atoms with van der Waals surface area (Å²) in [5, 5.41) is 23.2. The molecule has 2 aromatic carbocycles. The van der Waals surface area contributed by atoms with Crippen molar-refractivity contribution in [2.24, 2.45) is 0 Å². The van der Waals surface area contributed by atoms with E-state index in [1.54, 1.807) is 37.4 Å². The van der Waals surface area contributed by atoms with Gasteiger partial charge < -0.3 is 25.3 Å². The average molecular weight is 535 g/mol. The number of aliphatic hydroxyl groups is 2. The lowest BCUT2D eigenvalue weighted by Gasteiger charge is -2.33. The highest BCUT2D eigenvalue weighted by Crippen LogP contribution is 2.30. The van der Waals surface area contributed by atoms with Gasteiger partial charge in [0.1, 0.15) is 17.8 Å². The Balaban J connectivity index is 1.31. The summed E-state index contributed by atoms with van der Waals surface area (Å²) in [6, 6.07) is 12.9. The molecule has 2 atom stereocenters. The maximum atomic E-state index is 14.6. The van der Waals surface area contributed by atoms with Crippen molar-refractivity contribution in [2.75, 3.05) is 18.4 Å². The summed E-state index contributed by atoms with van der Waals surface area (Å²) in [5.41, 5.74) is 2.62. The number of carbonyl (C=O) groups excluding carboxylic acids is 1. The molecule has 0 saturated carbocycles. The lowest BCUT2D eigenvalue weighted by molar-refractivity contribution is -0.0455. The van der Waals surface area contributed by atoms with E-state index in [1.807, 2.05) is 4.90 Å². The molecule has 5 rings (SSSR count). The number of anilines is 1. The van der Waals surface area contributed by atoms with Gasteiger partial charge in [0, 0.05) is 42.7 Å². The molecule has 39 heavy (non-hydrogen) atoms. The molecule has 1 saturated heterocycles. The minimum Gasteiger partial charge on any atom is -0.454 e. The van der Waals surface area contributed by atoms with Gasteiger partial charge >= 0.3 is 0 Å². The first-order chi connectivity index (χ1) is 18.8. The maximum absolute atomic E-state index is 14.6. The van der Waals surface area contributed by atoms with Crippen molar-refractivity contribution in [3.05, 3.63) is 95.3 Å². The molecule has 10 heteroatoms. The number of β-amino-alcohol motifs (C(OH)–C–C–N with tert-alkyl or cyclic N) is 1. The molecule has 0 spiro atoms. The highest BCUT2D eigenvalue weighted by atomic mass is 19.1. The number of carbonyl (C=O) groups is 1. The zero-order chi connectivity index (χ0) is 27.5. The first-order valence-electron chi connectivity index (χ1n) is 12.6. The number of pyridine rings is 1. The zero-order valence-electron chi connectivity index (χ0n) is 21.2. The number of rotatable bonds is 7. The number of amides is 1. The van der Waals surface area contributed by atoms with Gasteiger partial charge in [0.25, 0.3) is 5.91 Å². The van der Waals surface area contributed by atoms with E-state index in [0.717, 1.165) is 24.5 Å². The summed E-state index contributed by atoms with van der Waals surface area (Å²) < 4.78 is 34.4. The summed E-state index contributed by atoms with van der Waals surface area (Å²) >= 11 is 0. The van der Waals surface area contributed by atoms with Crippen molar-refractivity contribution >= 4 is 11.6 Å². The summed E-state index contributed by atoms with van der Waals surface area (Å²) in [7, 11) is 0. The van der Waals surface area contributed by atoms with Gasteiger partial charge in [0.05, 0.1) is 23.2 Å². The number of likely N-dealkylation sites (tertiary alicyclic amines) is 1. The van der Waals surface area contributed by atoms with Gasteiger partial charge in [-0.15, -0.1) is 0 Å². The highest BCUT2D eigenvalue weighted by Gasteiger charge is 2.25. The fourth-order valence-corrected chi connectivity index (χ4v) is 4.53. The van der Waals surface area contributed by atoms with Gasteiger partial charge in [0.2, 0.25) is 0 Å². The van der Waals surface area contributed by atoms with Crippen molar-refractivity contribution < 1.29 is 28.5 Å². The van der Waals surface area contributed by atoms with E-state index in [-0.39, 0.29) is 22.7 Å². The highest BCUT2D eigenvalue weighted by molar-refractivity contribution is 6.04. The van der Waals surface area contributed by atoms with Crippen LogP contribution in [0, 0.1) is 18.6 Å². The number of hydrogen-bond acceptors (Lipinski definition) is 6. The number of aromatic amines is 1. The van der Waals surface area contributed by atoms with Gasteiger partial charge in [-0.1, -0.05) is 6.07 Å². The van der Waals surface area contributed by atoms with E-state index in [9.17, 15) is 23.8 Å². The molecule has 4 aromatic rings. The summed E-state index contributed by atoms with van der Waals surface area (Å²) in [5.74, 6) is -1.78. The predicted molar refractivity (Wildman–Crippen MR) is 141 cm³/mol. The van der Waals surface area contributed by atoms with Crippen molar-refractivity contribution in [2.45, 2.75) is 32.1 Å². The molecular weight excluding hydrogens is 506 g/mol. The van der Waals surface area contributed by atoms with Crippen LogP contribution < -0.4 is 10.1 Å². The van der Waals surface area contributed by atoms with Crippen molar-refractivity contribution in [1.29, 1.82) is 0 Å². The Morgan fingerprint density at radius 1 is 1.15 bits per heavy atom. The molecular formula is C29H28F2N4O4. The minimum absolute atomic E-state index is 0.0254. The molecule has 4 N–H and O–H groups in total. The number of halogens is 2. The largest absolute Gasteiger partial charge is 0.454 e. The van der Waals surface area contributed by atoms with Gasteiger partial charge in [-0.05, 0) is 67.8 Å². The van der Waals surface area contributed by atoms with Crippen LogP contribution in [0.5, 0.6) is 11.5 Å². The summed E-state index contributed by atoms with van der Waals surface area (Å²) in [4.78, 5) is 22.0. The molecule has 8 nitrogen and oxygen atoms in total. The minimum atomic E-state index is -0.874. The zero-order valence-corrected chi connectivity index (χ0v) is 21.2. The lowest BCUT2D eigenvalue weighted by Crippen LogP contribution is -2.40. The molecule has 202 valence electrons. The molecule has 2 unspecified atom stereocenters. The van der Waals surface area contributed by atoms with Gasteiger partial charge in [-0.25, -0.2) is 8.78 Å². The van der Waals surface area contributed by atoms with E-state index in [0.29, 0.717) is 30.0 Å². The second kappa shape index (κ2) is 11.3. The van der Waals surface area contributed by atoms with E-state index >= 15 is 0 Å². The van der Waals surface area contributed by atoms with Gasteiger partial charge in [0.15, 0.2) is 11.6 Å². The molecule has 0 bridgehead atoms. The predicted octanol–water partition coefficient (Wildman–Crippen LogP) is 5.16. The van der Waals surface area contributed by atoms with Crippen LogP contribution >= 0.6 is 0 Å². The fourth-order valence-electron chi connectivity index (χ4n) is 4.53. The number of H-pyrrole nitrogens is 1. The monoisotopic (exact) mass is 534 g/mol. The van der Waals surface area contributed by atoms with Crippen molar-refractivity contribution in [1.82, 2.24) is 14.9 Å². The number of aliphatic hydroxyl groups excluding tert-OH is 2. The van der Waals surface area contributed by atoms with Crippen LogP contribution in [-0.2, 0) is 0 Å². The Hall–Kier alpha value is -4.12. The molecule has 0 radical (unpaired) electrons. The Labute approximate surface area is 223 Å². The smallest absolute Gasteiger partial charge is 0.255 e. The van der Waals surface area contributed by atoms with Crippen molar-refractivity contribution in [3.8, 4) is 22.9 Å². The number of ether oxygens (including phenoxy) is 1. The van der Waals surface area contributed by atoms with E-state index in [2.05, 4.69) is 15.3 Å². The second-order valence-corrected chi connectivity index (χ2v) is 9.57. The third-order valence-electron chi connectivity index (χ3n) is 6.58. The quantitative estimate of drug-likeness (QED) is 0.261. The molecule has 1 fully saturated rings. The van der Waals surface area contributed by atoms with E-state index < -0.39 is 29.9 Å². The number of nitrogens with zero attached hydrogens (tertiary/aromatic N) is 2. The molecule has 2 aromatic heterocycles. The Bertz CT molecular complexity index is 1490. The third-order valence-corrected chi connectivity index (χ3v) is 6.58. The standard InChI is InChI=1S/C29H28F2N4O4/c1-17-4-6-22(30)24(11-17)34-28(37)18-5-7-23(31)27(13-18)39-21-8-9-32-26(14-21)25-12-19(15-33-25)29(38)35-10-2-3-20(36)16-35/h4-9,11-15,20,29,33,36,38H,2-3,10,16H2,1H3,(H,34,37). The number of aromatic nitrogens is 2. The van der Waals surface area contributed by atoms with Crippen LogP contribution in [-0.4, -0.2) is 50.2 Å². The summed E-state index contributed by atoms with van der Waals surface area (Å²) in [6.45, 7) is 2.85. The Morgan fingerprint density at radius 2 is 1.97 bits per heavy atom. The molecule has 1 amide bonds. The first-order valence-corrected chi connectivity index (χ1v) is 12.6. The lowest BCUT2D eigenvalue weighted by atomic mass is 10.1. The van der Waals surface area contributed by atoms with Gasteiger partial charge in [-0.2, -0.15) is 0 Å². The number of hydrogen-bond donors (Lipinski definition) is 4. The summed E-state index contributed by atoms with van der Waals surface area (Å²) in [6.07, 6.45) is 3.36. The normalized spacial score (nSPS) is 16.6. The maximum Gasteiger partial charge on any atom is 0.255 e. The van der Waals surface area contributed by atoms with Crippen LogP contribution in [0.25, 0.3) is 11.4 Å². The van der Waals surface area contributed by atoms with Crippen LogP contribution in [0.2, 0.25) is 0 Å².